The molecule has 0 spiro atoms. The third kappa shape index (κ3) is 4.84. The molecule has 0 saturated carbocycles. The molecule has 0 bridgehead atoms. The van der Waals surface area contributed by atoms with Gasteiger partial charge in [0.2, 0.25) is 0 Å². The number of thiazole rings is 1. The Bertz CT molecular complexity index is 1820. The fourth-order valence-corrected chi connectivity index (χ4v) is 6.48. The van der Waals surface area contributed by atoms with Gasteiger partial charge in [-0.1, -0.05) is 29.5 Å². The van der Waals surface area contributed by atoms with Gasteiger partial charge in [-0.15, -0.1) is 0 Å². The van der Waals surface area contributed by atoms with E-state index in [1.165, 1.54) is 22.5 Å². The smallest absolute Gasteiger partial charge is 0.338 e. The SMILES string of the molecule is CCOC(=O)C1=C(C)N=c2s/c(=C/c3cc(C)n(-c4cc(C)cc(C)c4)c3C)c(=O)n2[C@H]1c1ccc(OC)cc1. The number of hydrogen-bond donors (Lipinski definition) is 0. The quantitative estimate of drug-likeness (QED) is 0.320. The molecule has 7 nitrogen and oxygen atoms in total. The van der Waals surface area contributed by atoms with Crippen LogP contribution in [0.3, 0.4) is 0 Å². The van der Waals surface area contributed by atoms with Crippen LogP contribution in [0.15, 0.2) is 69.6 Å². The average Bonchev–Trinajstić information content (AvgIpc) is 3.36. The molecule has 0 N–H and O–H groups in total. The van der Waals surface area contributed by atoms with Crippen molar-refractivity contribution in [1.29, 1.82) is 0 Å². The summed E-state index contributed by atoms with van der Waals surface area (Å²) in [5, 5.41) is 0. The molecule has 5 rings (SSSR count). The van der Waals surface area contributed by atoms with Crippen LogP contribution in [-0.2, 0) is 9.53 Å². The number of aromatic nitrogens is 2. The minimum absolute atomic E-state index is 0.199. The van der Waals surface area contributed by atoms with Crippen molar-refractivity contribution < 1.29 is 14.3 Å². The fraction of sp³-hybridized carbons (Fsp3) is 0.281. The topological polar surface area (TPSA) is 74.8 Å². The van der Waals surface area contributed by atoms with Crippen molar-refractivity contribution in [3.05, 3.63) is 113 Å². The van der Waals surface area contributed by atoms with E-state index in [1.54, 1.807) is 25.5 Å². The van der Waals surface area contributed by atoms with Crippen LogP contribution in [0, 0.1) is 27.7 Å². The number of esters is 1. The van der Waals surface area contributed by atoms with Crippen LogP contribution in [0.5, 0.6) is 5.75 Å². The van der Waals surface area contributed by atoms with Crippen LogP contribution in [0.2, 0.25) is 0 Å². The van der Waals surface area contributed by atoms with E-state index in [4.69, 9.17) is 9.47 Å². The van der Waals surface area contributed by atoms with Crippen LogP contribution in [0.1, 0.15) is 53.5 Å². The second-order valence-electron chi connectivity index (χ2n) is 10.1. The zero-order chi connectivity index (χ0) is 28.7. The lowest BCUT2D eigenvalue weighted by Gasteiger charge is -2.24. The molecule has 0 unspecified atom stereocenters. The first-order chi connectivity index (χ1) is 19.1. The molecule has 3 heterocycles. The van der Waals surface area contributed by atoms with Crippen molar-refractivity contribution in [1.82, 2.24) is 9.13 Å². The highest BCUT2D eigenvalue weighted by Crippen LogP contribution is 2.31. The van der Waals surface area contributed by atoms with Crippen molar-refractivity contribution in [2.24, 2.45) is 4.99 Å². The molecule has 1 atom stereocenters. The van der Waals surface area contributed by atoms with E-state index in [-0.39, 0.29) is 12.2 Å². The molecule has 0 saturated heterocycles. The number of ether oxygens (including phenoxy) is 2. The summed E-state index contributed by atoms with van der Waals surface area (Å²) in [6.07, 6.45) is 1.93. The summed E-state index contributed by atoms with van der Waals surface area (Å²) in [4.78, 5) is 32.3. The number of fused-ring (bicyclic) bond motifs is 1. The zero-order valence-electron chi connectivity index (χ0n) is 23.9. The Kier molecular flexibility index (Phi) is 7.38. The van der Waals surface area contributed by atoms with Gasteiger partial charge in [0, 0.05) is 17.1 Å². The van der Waals surface area contributed by atoms with Crippen LogP contribution in [0.4, 0.5) is 0 Å². The number of rotatable bonds is 6. The monoisotopic (exact) mass is 555 g/mol. The van der Waals surface area contributed by atoms with Gasteiger partial charge in [-0.05, 0) is 100 Å². The second-order valence-corrected chi connectivity index (χ2v) is 11.1. The van der Waals surface area contributed by atoms with E-state index >= 15 is 0 Å². The highest BCUT2D eigenvalue weighted by molar-refractivity contribution is 7.07. The van der Waals surface area contributed by atoms with Gasteiger partial charge in [0.25, 0.3) is 5.56 Å². The molecule has 0 radical (unpaired) electrons. The van der Waals surface area contributed by atoms with Crippen LogP contribution in [-0.4, -0.2) is 28.8 Å². The number of aryl methyl sites for hydroxylation is 3. The van der Waals surface area contributed by atoms with Crippen molar-refractivity contribution >= 4 is 23.4 Å². The van der Waals surface area contributed by atoms with Crippen LogP contribution >= 0.6 is 11.3 Å². The first-order valence-electron chi connectivity index (χ1n) is 13.2. The predicted octanol–water partition coefficient (Wildman–Crippen LogP) is 4.83. The largest absolute Gasteiger partial charge is 0.497 e. The second kappa shape index (κ2) is 10.8. The van der Waals surface area contributed by atoms with E-state index < -0.39 is 12.0 Å². The summed E-state index contributed by atoms with van der Waals surface area (Å²) in [6.45, 7) is 12.1. The van der Waals surface area contributed by atoms with E-state index in [1.807, 2.05) is 30.3 Å². The number of allylic oxidation sites excluding steroid dienone is 1. The van der Waals surface area contributed by atoms with Gasteiger partial charge in [-0.3, -0.25) is 9.36 Å². The van der Waals surface area contributed by atoms with E-state index in [9.17, 15) is 9.59 Å². The first kappa shape index (κ1) is 27.4. The molecule has 1 aliphatic rings. The number of benzene rings is 2. The van der Waals surface area contributed by atoms with Gasteiger partial charge in [0.1, 0.15) is 5.75 Å². The van der Waals surface area contributed by atoms with E-state index in [2.05, 4.69) is 61.5 Å². The normalized spacial score (nSPS) is 15.2. The number of carbonyl (C=O) groups is 1. The highest BCUT2D eigenvalue weighted by Gasteiger charge is 2.33. The molecule has 206 valence electrons. The Hall–Kier alpha value is -4.17. The predicted molar refractivity (Wildman–Crippen MR) is 158 cm³/mol. The summed E-state index contributed by atoms with van der Waals surface area (Å²) in [5.74, 6) is 0.213. The maximum Gasteiger partial charge on any atom is 0.338 e. The molecule has 1 aliphatic heterocycles. The summed E-state index contributed by atoms with van der Waals surface area (Å²) in [7, 11) is 1.60. The Labute approximate surface area is 237 Å². The maximum absolute atomic E-state index is 14.0. The van der Waals surface area contributed by atoms with Crippen LogP contribution in [0.25, 0.3) is 11.8 Å². The summed E-state index contributed by atoms with van der Waals surface area (Å²) in [5.41, 5.74) is 8.06. The minimum Gasteiger partial charge on any atom is -0.497 e. The van der Waals surface area contributed by atoms with E-state index in [0.717, 1.165) is 28.2 Å². The fourth-order valence-electron chi connectivity index (χ4n) is 5.45. The van der Waals surface area contributed by atoms with Crippen molar-refractivity contribution in [3.63, 3.8) is 0 Å². The zero-order valence-corrected chi connectivity index (χ0v) is 24.7. The molecule has 0 aliphatic carbocycles. The maximum atomic E-state index is 14.0. The van der Waals surface area contributed by atoms with Gasteiger partial charge in [-0.25, -0.2) is 9.79 Å². The lowest BCUT2D eigenvalue weighted by atomic mass is 9.96. The van der Waals surface area contributed by atoms with Crippen molar-refractivity contribution in [2.75, 3.05) is 13.7 Å². The van der Waals surface area contributed by atoms with E-state index in [0.29, 0.717) is 26.4 Å². The number of hydrogen-bond acceptors (Lipinski definition) is 6. The number of carbonyl (C=O) groups excluding carboxylic acids is 1. The Morgan fingerprint density at radius 1 is 1.02 bits per heavy atom. The Balaban J connectivity index is 1.69. The first-order valence-corrected chi connectivity index (χ1v) is 14.1. The molecule has 2 aromatic carbocycles. The van der Waals surface area contributed by atoms with Gasteiger partial charge in [-0.2, -0.15) is 0 Å². The van der Waals surface area contributed by atoms with Crippen molar-refractivity contribution in [3.8, 4) is 11.4 Å². The molecule has 4 aromatic rings. The molecular formula is C32H33N3O4S. The van der Waals surface area contributed by atoms with Gasteiger partial charge < -0.3 is 14.0 Å². The van der Waals surface area contributed by atoms with Crippen LogP contribution < -0.4 is 19.6 Å². The Morgan fingerprint density at radius 3 is 2.33 bits per heavy atom. The van der Waals surface area contributed by atoms with Gasteiger partial charge in [0.05, 0.1) is 35.6 Å². The Morgan fingerprint density at radius 2 is 1.70 bits per heavy atom. The van der Waals surface area contributed by atoms with Gasteiger partial charge in [0.15, 0.2) is 4.80 Å². The molecule has 2 aromatic heterocycles. The average molecular weight is 556 g/mol. The molecule has 40 heavy (non-hydrogen) atoms. The standard InChI is InChI=1S/C32H33N3O4S/c1-8-39-31(37)28-21(5)33-32-35(29(28)23-9-11-26(38-7)12-10-23)30(36)27(40-32)17-24-16-20(4)34(22(24)6)25-14-18(2)13-19(3)15-25/h9-17,29H,8H2,1-7H3/b27-17+/t29-/m0/s1. The highest BCUT2D eigenvalue weighted by atomic mass is 32.1. The minimum atomic E-state index is -0.661. The van der Waals surface area contributed by atoms with Gasteiger partial charge >= 0.3 is 5.97 Å². The lowest BCUT2D eigenvalue weighted by molar-refractivity contribution is -0.139. The lowest BCUT2D eigenvalue weighted by Crippen LogP contribution is -2.39. The summed E-state index contributed by atoms with van der Waals surface area (Å²) < 4.78 is 15.1. The third-order valence-corrected chi connectivity index (χ3v) is 8.15. The molecular weight excluding hydrogens is 522 g/mol. The summed E-state index contributed by atoms with van der Waals surface area (Å²) in [6, 6.07) is 15.3. The third-order valence-electron chi connectivity index (χ3n) is 7.17. The molecule has 8 heteroatoms. The summed E-state index contributed by atoms with van der Waals surface area (Å²) >= 11 is 1.33. The molecule has 0 amide bonds. The van der Waals surface area contributed by atoms with Crippen molar-refractivity contribution in [2.45, 2.75) is 47.6 Å². The number of methoxy groups -OCH3 is 1. The number of nitrogens with zero attached hydrogens (tertiary/aromatic N) is 3. The molecule has 0 fully saturated rings.